The summed E-state index contributed by atoms with van der Waals surface area (Å²) in [4.78, 5) is 12.0. The van der Waals surface area contributed by atoms with Gasteiger partial charge in [0.15, 0.2) is 11.5 Å². The molecule has 22 heavy (non-hydrogen) atoms. The average molecular weight is 298 g/mol. The second-order valence-corrected chi connectivity index (χ2v) is 5.11. The number of hydrogen-bond acceptors (Lipinski definition) is 4. The van der Waals surface area contributed by atoms with Gasteiger partial charge in [-0.15, -0.1) is 0 Å². The molecule has 0 radical (unpaired) electrons. The van der Waals surface area contributed by atoms with E-state index in [1.807, 2.05) is 30.3 Å². The van der Waals surface area contributed by atoms with Gasteiger partial charge in [0.1, 0.15) is 13.2 Å². The van der Waals surface area contributed by atoms with Gasteiger partial charge in [0.25, 0.3) is 0 Å². The van der Waals surface area contributed by atoms with Crippen LogP contribution in [-0.2, 0) is 11.2 Å². The molecule has 2 aromatic carbocycles. The van der Waals surface area contributed by atoms with Gasteiger partial charge in [-0.25, -0.2) is 0 Å². The van der Waals surface area contributed by atoms with Crippen molar-refractivity contribution in [3.05, 3.63) is 48.0 Å². The minimum Gasteiger partial charge on any atom is -0.486 e. The van der Waals surface area contributed by atoms with Crippen LogP contribution >= 0.6 is 0 Å². The molecule has 0 aliphatic carbocycles. The molecule has 0 atom stereocenters. The first-order valence-electron chi connectivity index (χ1n) is 7.25. The fraction of sp³-hybridized carbons (Fsp3) is 0.235. The number of nitrogens with two attached hydrogens (primary N) is 1. The molecule has 0 bridgehead atoms. The van der Waals surface area contributed by atoms with Crippen LogP contribution in [0.1, 0.15) is 12.0 Å². The molecular formula is C17H18N2O3. The van der Waals surface area contributed by atoms with E-state index in [0.717, 1.165) is 11.3 Å². The second kappa shape index (κ2) is 6.39. The van der Waals surface area contributed by atoms with Crippen LogP contribution in [0.25, 0.3) is 0 Å². The first-order chi connectivity index (χ1) is 10.7. The van der Waals surface area contributed by atoms with Crippen molar-refractivity contribution in [3.8, 4) is 11.5 Å². The van der Waals surface area contributed by atoms with Crippen molar-refractivity contribution in [1.29, 1.82) is 0 Å². The molecule has 2 aromatic rings. The number of amides is 1. The van der Waals surface area contributed by atoms with E-state index in [-0.39, 0.29) is 5.91 Å². The number of rotatable bonds is 4. The van der Waals surface area contributed by atoms with Crippen LogP contribution in [0, 0.1) is 0 Å². The number of nitrogens with one attached hydrogen (secondary N) is 1. The molecule has 114 valence electrons. The van der Waals surface area contributed by atoms with E-state index < -0.39 is 0 Å². The third kappa shape index (κ3) is 3.31. The van der Waals surface area contributed by atoms with Crippen LogP contribution in [0.2, 0.25) is 0 Å². The van der Waals surface area contributed by atoms with Gasteiger partial charge in [-0.2, -0.15) is 0 Å². The van der Waals surface area contributed by atoms with Crippen LogP contribution in [0.5, 0.6) is 11.5 Å². The summed E-state index contributed by atoms with van der Waals surface area (Å²) in [5.41, 5.74) is 8.28. The molecule has 0 saturated carbocycles. The lowest BCUT2D eigenvalue weighted by atomic mass is 10.1. The van der Waals surface area contributed by atoms with Crippen molar-refractivity contribution in [1.82, 2.24) is 0 Å². The van der Waals surface area contributed by atoms with Crippen molar-refractivity contribution in [2.45, 2.75) is 12.8 Å². The molecule has 0 unspecified atom stereocenters. The number of hydrogen-bond donors (Lipinski definition) is 2. The molecule has 0 spiro atoms. The van der Waals surface area contributed by atoms with E-state index in [1.54, 1.807) is 12.1 Å². The minimum atomic E-state index is -0.0556. The lowest BCUT2D eigenvalue weighted by Gasteiger charge is -2.19. The van der Waals surface area contributed by atoms with Gasteiger partial charge in [-0.05, 0) is 30.2 Å². The van der Waals surface area contributed by atoms with E-state index in [0.29, 0.717) is 43.2 Å². The molecule has 0 saturated heterocycles. The molecule has 1 heterocycles. The van der Waals surface area contributed by atoms with Gasteiger partial charge in [-0.1, -0.05) is 18.2 Å². The highest BCUT2D eigenvalue weighted by molar-refractivity contribution is 5.91. The highest BCUT2D eigenvalue weighted by Gasteiger charge is 2.12. The summed E-state index contributed by atoms with van der Waals surface area (Å²) in [5.74, 6) is 1.32. The number of anilines is 2. The Bertz CT molecular complexity index is 685. The van der Waals surface area contributed by atoms with Crippen LogP contribution < -0.4 is 20.5 Å². The summed E-state index contributed by atoms with van der Waals surface area (Å²) in [7, 11) is 0. The predicted molar refractivity (Wildman–Crippen MR) is 85.2 cm³/mol. The summed E-state index contributed by atoms with van der Waals surface area (Å²) in [6.45, 7) is 1.08. The van der Waals surface area contributed by atoms with Crippen molar-refractivity contribution >= 4 is 17.3 Å². The fourth-order valence-electron chi connectivity index (χ4n) is 2.35. The average Bonchev–Trinajstić information content (AvgIpc) is 2.54. The number of carbonyl (C=O) groups is 1. The Kier molecular flexibility index (Phi) is 4.14. The van der Waals surface area contributed by atoms with Crippen LogP contribution in [0.3, 0.4) is 0 Å². The van der Waals surface area contributed by atoms with E-state index in [9.17, 15) is 4.79 Å². The Hall–Kier alpha value is -2.69. The Morgan fingerprint density at radius 2 is 1.86 bits per heavy atom. The molecule has 1 amide bonds. The molecular weight excluding hydrogens is 280 g/mol. The molecule has 3 N–H and O–H groups in total. The van der Waals surface area contributed by atoms with Gasteiger partial charge in [0.2, 0.25) is 5.91 Å². The minimum absolute atomic E-state index is 0.0556. The van der Waals surface area contributed by atoms with Gasteiger partial charge in [0.05, 0.1) is 0 Å². The van der Waals surface area contributed by atoms with Gasteiger partial charge in [0, 0.05) is 23.9 Å². The smallest absolute Gasteiger partial charge is 0.224 e. The lowest BCUT2D eigenvalue weighted by molar-refractivity contribution is -0.116. The first kappa shape index (κ1) is 14.3. The van der Waals surface area contributed by atoms with Crippen LogP contribution in [-0.4, -0.2) is 19.1 Å². The molecule has 5 heteroatoms. The predicted octanol–water partition coefficient (Wildman–Crippen LogP) is 2.61. The van der Waals surface area contributed by atoms with E-state index in [1.165, 1.54) is 0 Å². The number of fused-ring (bicyclic) bond motifs is 1. The second-order valence-electron chi connectivity index (χ2n) is 5.11. The monoisotopic (exact) mass is 298 g/mol. The Labute approximate surface area is 129 Å². The fourth-order valence-corrected chi connectivity index (χ4v) is 2.35. The SMILES string of the molecule is Nc1ccccc1CCC(=O)Nc1ccc2c(c1)OCCO2. The topological polar surface area (TPSA) is 73.6 Å². The zero-order chi connectivity index (χ0) is 15.4. The Morgan fingerprint density at radius 1 is 1.09 bits per heavy atom. The van der Waals surface area contributed by atoms with E-state index >= 15 is 0 Å². The summed E-state index contributed by atoms with van der Waals surface area (Å²) >= 11 is 0. The maximum atomic E-state index is 12.0. The maximum Gasteiger partial charge on any atom is 0.224 e. The zero-order valence-corrected chi connectivity index (χ0v) is 12.2. The number of ether oxygens (including phenoxy) is 2. The highest BCUT2D eigenvalue weighted by atomic mass is 16.6. The molecule has 1 aliphatic rings. The number of nitrogen functional groups attached to an aromatic ring is 1. The van der Waals surface area contributed by atoms with Crippen molar-refractivity contribution in [3.63, 3.8) is 0 Å². The quantitative estimate of drug-likeness (QED) is 0.851. The van der Waals surface area contributed by atoms with Gasteiger partial charge < -0.3 is 20.5 Å². The molecule has 0 fully saturated rings. The summed E-state index contributed by atoms with van der Waals surface area (Å²) in [6, 6.07) is 13.0. The Balaban J connectivity index is 1.59. The number of benzene rings is 2. The molecule has 1 aliphatic heterocycles. The van der Waals surface area contributed by atoms with Gasteiger partial charge >= 0.3 is 0 Å². The van der Waals surface area contributed by atoms with Crippen molar-refractivity contribution in [2.24, 2.45) is 0 Å². The first-order valence-corrected chi connectivity index (χ1v) is 7.25. The van der Waals surface area contributed by atoms with Crippen LogP contribution in [0.15, 0.2) is 42.5 Å². The van der Waals surface area contributed by atoms with E-state index in [4.69, 9.17) is 15.2 Å². The highest BCUT2D eigenvalue weighted by Crippen LogP contribution is 2.32. The summed E-state index contributed by atoms with van der Waals surface area (Å²) in [6.07, 6.45) is 0.992. The number of aryl methyl sites for hydroxylation is 1. The number of carbonyl (C=O) groups excluding carboxylic acids is 1. The number of para-hydroxylation sites is 1. The largest absolute Gasteiger partial charge is 0.486 e. The third-order valence-corrected chi connectivity index (χ3v) is 3.50. The summed E-state index contributed by atoms with van der Waals surface area (Å²) < 4.78 is 10.9. The Morgan fingerprint density at radius 3 is 2.68 bits per heavy atom. The molecule has 5 nitrogen and oxygen atoms in total. The van der Waals surface area contributed by atoms with Crippen LogP contribution in [0.4, 0.5) is 11.4 Å². The summed E-state index contributed by atoms with van der Waals surface area (Å²) in [5, 5.41) is 2.87. The normalized spacial score (nSPS) is 12.7. The van der Waals surface area contributed by atoms with Gasteiger partial charge in [-0.3, -0.25) is 4.79 Å². The maximum absolute atomic E-state index is 12.0. The van der Waals surface area contributed by atoms with Crippen molar-refractivity contribution < 1.29 is 14.3 Å². The third-order valence-electron chi connectivity index (χ3n) is 3.50. The molecule has 0 aromatic heterocycles. The van der Waals surface area contributed by atoms with Crippen molar-refractivity contribution in [2.75, 3.05) is 24.3 Å². The van der Waals surface area contributed by atoms with E-state index in [2.05, 4.69) is 5.32 Å². The zero-order valence-electron chi connectivity index (χ0n) is 12.2. The lowest BCUT2D eigenvalue weighted by Crippen LogP contribution is -2.16. The standard InChI is InChI=1S/C17H18N2O3/c18-14-4-2-1-3-12(14)5-8-17(20)19-13-6-7-15-16(11-13)22-10-9-21-15/h1-4,6-7,11H,5,8-10,18H2,(H,19,20). The molecule has 3 rings (SSSR count).